The summed E-state index contributed by atoms with van der Waals surface area (Å²) < 4.78 is 3.35. The Hall–Kier alpha value is -3.84. The number of nitrogens with one attached hydrogen (secondary N) is 1. The number of imidazole rings is 2. The van der Waals surface area contributed by atoms with E-state index in [2.05, 4.69) is 15.0 Å². The van der Waals surface area contributed by atoms with E-state index in [-0.39, 0.29) is 40.1 Å². The van der Waals surface area contributed by atoms with Gasteiger partial charge in [0.25, 0.3) is 5.56 Å². The van der Waals surface area contributed by atoms with Crippen molar-refractivity contribution in [3.8, 4) is 6.07 Å². The van der Waals surface area contributed by atoms with E-state index < -0.39 is 11.2 Å². The second-order valence-electron chi connectivity index (χ2n) is 6.38. The summed E-state index contributed by atoms with van der Waals surface area (Å²) in [6, 6.07) is 9.11. The quantitative estimate of drug-likeness (QED) is 0.297. The number of benzene rings is 1. The summed E-state index contributed by atoms with van der Waals surface area (Å²) in [5.41, 5.74) is 0.198. The molecule has 0 atom stereocenters. The molecule has 4 rings (SSSR count). The largest absolute Gasteiger partial charge is 0.509 e. The highest BCUT2D eigenvalue weighted by Crippen LogP contribution is 2.22. The number of halogens is 1. The predicted octanol–water partition coefficient (Wildman–Crippen LogP) is 1.46. The number of aromatic amines is 1. The summed E-state index contributed by atoms with van der Waals surface area (Å²) in [7, 11) is 2.79. The van der Waals surface area contributed by atoms with Gasteiger partial charge in [-0.25, -0.2) is 9.78 Å². The van der Waals surface area contributed by atoms with Crippen molar-refractivity contribution in [1.29, 1.82) is 5.26 Å². The number of hydrogen-bond donors (Lipinski definition) is 2. The number of aryl methyl sites for hydroxylation is 1. The van der Waals surface area contributed by atoms with Gasteiger partial charge >= 0.3 is 5.69 Å². The molecule has 3 aromatic heterocycles. The van der Waals surface area contributed by atoms with Gasteiger partial charge in [-0.1, -0.05) is 12.1 Å². The molecule has 0 amide bonds. The van der Waals surface area contributed by atoms with Crippen LogP contribution in [-0.2, 0) is 20.6 Å². The monoisotopic (exact) mass is 411 g/mol. The fraction of sp³-hybridized carbons (Fsp3) is 0.167. The van der Waals surface area contributed by atoms with Crippen molar-refractivity contribution in [2.45, 2.75) is 6.54 Å². The fourth-order valence-electron chi connectivity index (χ4n) is 3.12. The molecule has 3 heterocycles. The van der Waals surface area contributed by atoms with Gasteiger partial charge in [-0.3, -0.25) is 13.9 Å². The lowest BCUT2D eigenvalue weighted by Crippen LogP contribution is -2.37. The minimum absolute atomic E-state index is 0.0352. The highest BCUT2D eigenvalue weighted by Gasteiger charge is 2.21. The number of fused-ring (bicyclic) bond motifs is 2. The molecule has 0 saturated carbocycles. The van der Waals surface area contributed by atoms with Crippen molar-refractivity contribution >= 4 is 39.4 Å². The Labute approximate surface area is 167 Å². The predicted molar refractivity (Wildman–Crippen MR) is 106 cm³/mol. The lowest BCUT2D eigenvalue weighted by atomic mass is 10.2. The van der Waals surface area contributed by atoms with E-state index >= 15 is 0 Å². The van der Waals surface area contributed by atoms with E-state index in [4.69, 9.17) is 11.6 Å². The summed E-state index contributed by atoms with van der Waals surface area (Å²) >= 11 is 6.17. The van der Waals surface area contributed by atoms with Crippen LogP contribution in [0, 0.1) is 11.3 Å². The molecule has 0 radical (unpaired) electrons. The Morgan fingerprint density at radius 3 is 2.66 bits per heavy atom. The van der Waals surface area contributed by atoms with Crippen molar-refractivity contribution in [3.05, 3.63) is 62.0 Å². The highest BCUT2D eigenvalue weighted by atomic mass is 35.5. The van der Waals surface area contributed by atoms with Gasteiger partial charge in [0.2, 0.25) is 5.28 Å². The van der Waals surface area contributed by atoms with Crippen LogP contribution in [0.1, 0.15) is 5.82 Å². The van der Waals surface area contributed by atoms with E-state index in [0.717, 1.165) is 4.57 Å². The van der Waals surface area contributed by atoms with Gasteiger partial charge < -0.3 is 14.7 Å². The number of H-pyrrole nitrogens is 1. The van der Waals surface area contributed by atoms with Crippen LogP contribution in [0.4, 0.5) is 0 Å². The summed E-state index contributed by atoms with van der Waals surface area (Å²) in [6.07, 6.45) is 0. The Morgan fingerprint density at radius 2 is 1.97 bits per heavy atom. The summed E-state index contributed by atoms with van der Waals surface area (Å²) in [5.74, 6) is -0.171. The molecule has 10 nitrogen and oxygen atoms in total. The summed E-state index contributed by atoms with van der Waals surface area (Å²) in [4.78, 5) is 36.0. The first-order chi connectivity index (χ1) is 13.8. The Balaban J connectivity index is 1.89. The average molecular weight is 412 g/mol. The molecule has 4 aromatic rings. The lowest BCUT2D eigenvalue weighted by Gasteiger charge is -2.08. The minimum Gasteiger partial charge on any atom is -0.509 e. The standard InChI is InChI=1S/C18H14ClN7O3/c1-24-15-13(16(28)25(2)18(24)29)26(17(19)23-15)8-12(27)9(7-20)14-21-10-5-3-4-6-11(10)22-14/h3-6,27H,8H2,1-2H3,(H,21,22). The van der Waals surface area contributed by atoms with Gasteiger partial charge in [0.1, 0.15) is 17.4 Å². The molecular weight excluding hydrogens is 398 g/mol. The molecule has 1 aromatic carbocycles. The molecular formula is C18H14ClN7O3. The van der Waals surface area contributed by atoms with Crippen molar-refractivity contribution < 1.29 is 5.11 Å². The molecule has 29 heavy (non-hydrogen) atoms. The normalized spacial score (nSPS) is 12.3. The third-order valence-electron chi connectivity index (χ3n) is 4.64. The number of para-hydroxylation sites is 2. The van der Waals surface area contributed by atoms with E-state index in [9.17, 15) is 20.0 Å². The zero-order valence-electron chi connectivity index (χ0n) is 15.3. The van der Waals surface area contributed by atoms with Crippen LogP contribution in [-0.4, -0.2) is 33.8 Å². The molecule has 0 unspecified atom stereocenters. The maximum Gasteiger partial charge on any atom is 0.332 e. The van der Waals surface area contributed by atoms with Gasteiger partial charge in [-0.05, 0) is 23.7 Å². The van der Waals surface area contributed by atoms with Crippen LogP contribution < -0.4 is 11.2 Å². The molecule has 11 heteroatoms. The van der Waals surface area contributed by atoms with Crippen LogP contribution in [0.25, 0.3) is 27.8 Å². The van der Waals surface area contributed by atoms with Gasteiger partial charge in [0.15, 0.2) is 17.0 Å². The van der Waals surface area contributed by atoms with Crippen molar-refractivity contribution in [2.24, 2.45) is 14.1 Å². The maximum atomic E-state index is 12.6. The number of allylic oxidation sites excluding steroid dienone is 2. The molecule has 0 aliphatic heterocycles. The first-order valence-corrected chi connectivity index (χ1v) is 8.80. The number of hydrogen-bond acceptors (Lipinski definition) is 6. The second-order valence-corrected chi connectivity index (χ2v) is 6.72. The Kier molecular flexibility index (Phi) is 4.24. The number of nitrogens with zero attached hydrogens (tertiary/aromatic N) is 6. The second kappa shape index (κ2) is 6.65. The van der Waals surface area contributed by atoms with Crippen LogP contribution in [0.15, 0.2) is 39.6 Å². The smallest absolute Gasteiger partial charge is 0.332 e. The number of aliphatic hydroxyl groups excluding tert-OH is 1. The van der Waals surface area contributed by atoms with Crippen LogP contribution in [0.2, 0.25) is 5.28 Å². The molecule has 146 valence electrons. The zero-order chi connectivity index (χ0) is 20.9. The van der Waals surface area contributed by atoms with E-state index in [1.54, 1.807) is 18.2 Å². The molecule has 0 saturated heterocycles. The summed E-state index contributed by atoms with van der Waals surface area (Å²) in [5, 5.41) is 20.1. The Morgan fingerprint density at radius 1 is 1.24 bits per heavy atom. The van der Waals surface area contributed by atoms with Gasteiger partial charge in [0, 0.05) is 14.1 Å². The van der Waals surface area contributed by atoms with Gasteiger partial charge in [0.05, 0.1) is 17.6 Å². The number of rotatable bonds is 3. The zero-order valence-corrected chi connectivity index (χ0v) is 16.1. The van der Waals surface area contributed by atoms with Gasteiger partial charge in [-0.15, -0.1) is 0 Å². The van der Waals surface area contributed by atoms with Crippen molar-refractivity contribution in [3.63, 3.8) is 0 Å². The molecule has 0 spiro atoms. The van der Waals surface area contributed by atoms with E-state index in [1.807, 2.05) is 12.1 Å². The number of nitriles is 1. The van der Waals surface area contributed by atoms with Crippen molar-refractivity contribution in [1.82, 2.24) is 28.7 Å². The van der Waals surface area contributed by atoms with E-state index in [1.165, 1.54) is 23.2 Å². The third-order valence-corrected chi connectivity index (χ3v) is 4.92. The first-order valence-electron chi connectivity index (χ1n) is 8.42. The SMILES string of the molecule is Cn1c(=O)c2c(nc(Cl)n2CC(O)=C(C#N)c2nc3ccccc3[nH]2)n(C)c1=O. The molecule has 0 fully saturated rings. The van der Waals surface area contributed by atoms with Crippen LogP contribution in [0.3, 0.4) is 0 Å². The maximum absolute atomic E-state index is 12.6. The summed E-state index contributed by atoms with van der Waals surface area (Å²) in [6.45, 7) is -0.303. The molecule has 0 bridgehead atoms. The molecule has 2 N–H and O–H groups in total. The number of aliphatic hydroxyl groups is 1. The van der Waals surface area contributed by atoms with Crippen LogP contribution >= 0.6 is 11.6 Å². The molecule has 0 aliphatic carbocycles. The van der Waals surface area contributed by atoms with E-state index in [0.29, 0.717) is 11.0 Å². The highest BCUT2D eigenvalue weighted by molar-refractivity contribution is 6.29. The average Bonchev–Trinajstić information content (AvgIpc) is 3.27. The minimum atomic E-state index is -0.613. The van der Waals surface area contributed by atoms with Gasteiger partial charge in [-0.2, -0.15) is 10.2 Å². The lowest BCUT2D eigenvalue weighted by molar-refractivity contribution is 0.381. The van der Waals surface area contributed by atoms with Crippen molar-refractivity contribution in [2.75, 3.05) is 0 Å². The van der Waals surface area contributed by atoms with Crippen LogP contribution in [0.5, 0.6) is 0 Å². The topological polar surface area (TPSA) is 135 Å². The number of aromatic nitrogens is 6. The third kappa shape index (κ3) is 2.79. The fourth-order valence-corrected chi connectivity index (χ4v) is 3.34. The first kappa shape index (κ1) is 18.5. The molecule has 0 aliphatic rings. The Bertz CT molecular complexity index is 1450.